The van der Waals surface area contributed by atoms with Crippen LogP contribution in [0.3, 0.4) is 0 Å². The number of rotatable bonds is 6. The largest absolute Gasteiger partial charge is 0.508 e. The summed E-state index contributed by atoms with van der Waals surface area (Å²) in [5.74, 6) is 0. The molecule has 0 amide bonds. The molecule has 0 saturated carbocycles. The minimum absolute atomic E-state index is 0.0671. The fraction of sp³-hybridized carbons (Fsp3) is 0.909. The normalized spacial score (nSPS) is 12.4. The maximum absolute atomic E-state index is 11.2. The summed E-state index contributed by atoms with van der Waals surface area (Å²) in [6, 6.07) is 0. The van der Waals surface area contributed by atoms with Crippen molar-refractivity contribution in [2.75, 3.05) is 26.4 Å². The van der Waals surface area contributed by atoms with Gasteiger partial charge in [0.05, 0.1) is 13.2 Å². The molecule has 0 atom stereocenters. The van der Waals surface area contributed by atoms with Crippen LogP contribution < -0.4 is 0 Å². The Balaban J connectivity index is 3.85. The SMILES string of the molecule is CC(C)(CO)COC(=O)OCC(C)(C)CO. The van der Waals surface area contributed by atoms with Gasteiger partial charge in [-0.05, 0) is 0 Å². The van der Waals surface area contributed by atoms with Gasteiger partial charge in [0, 0.05) is 10.8 Å². The van der Waals surface area contributed by atoms with Crippen molar-refractivity contribution >= 4 is 6.16 Å². The van der Waals surface area contributed by atoms with Crippen LogP contribution in [-0.2, 0) is 9.47 Å². The van der Waals surface area contributed by atoms with Gasteiger partial charge in [0.25, 0.3) is 0 Å². The molecule has 0 aliphatic carbocycles. The summed E-state index contributed by atoms with van der Waals surface area (Å²) in [6.45, 7) is 7.17. The highest BCUT2D eigenvalue weighted by Crippen LogP contribution is 2.16. The summed E-state index contributed by atoms with van der Waals surface area (Å²) >= 11 is 0. The van der Waals surface area contributed by atoms with Crippen LogP contribution in [0.2, 0.25) is 0 Å². The monoisotopic (exact) mass is 234 g/mol. The average molecular weight is 234 g/mol. The number of hydrogen-bond acceptors (Lipinski definition) is 5. The van der Waals surface area contributed by atoms with Gasteiger partial charge < -0.3 is 19.7 Å². The molecule has 0 aromatic rings. The highest BCUT2D eigenvalue weighted by atomic mass is 16.7. The second kappa shape index (κ2) is 6.06. The number of aliphatic hydroxyl groups is 2. The fourth-order valence-electron chi connectivity index (χ4n) is 0.642. The molecule has 0 saturated heterocycles. The predicted molar refractivity (Wildman–Crippen MR) is 59.0 cm³/mol. The summed E-state index contributed by atoms with van der Waals surface area (Å²) in [5, 5.41) is 17.9. The zero-order chi connectivity index (χ0) is 12.8. The van der Waals surface area contributed by atoms with E-state index in [0.29, 0.717) is 0 Å². The van der Waals surface area contributed by atoms with E-state index in [9.17, 15) is 4.79 Å². The van der Waals surface area contributed by atoms with Crippen LogP contribution in [0.15, 0.2) is 0 Å². The number of hydrogen-bond donors (Lipinski definition) is 2. The Kier molecular flexibility index (Phi) is 5.75. The van der Waals surface area contributed by atoms with Gasteiger partial charge in [-0.2, -0.15) is 0 Å². The Morgan fingerprint density at radius 2 is 1.25 bits per heavy atom. The summed E-state index contributed by atoms with van der Waals surface area (Å²) in [5.41, 5.74) is -0.933. The summed E-state index contributed by atoms with van der Waals surface area (Å²) in [4.78, 5) is 11.2. The van der Waals surface area contributed by atoms with Crippen LogP contribution in [0, 0.1) is 10.8 Å². The molecule has 5 heteroatoms. The molecule has 2 N–H and O–H groups in total. The van der Waals surface area contributed by atoms with E-state index < -0.39 is 17.0 Å². The molecular formula is C11H22O5. The maximum atomic E-state index is 11.2. The van der Waals surface area contributed by atoms with E-state index in [-0.39, 0.29) is 26.4 Å². The van der Waals surface area contributed by atoms with Crippen LogP contribution in [0.4, 0.5) is 4.79 Å². The summed E-state index contributed by atoms with van der Waals surface area (Å²) < 4.78 is 9.67. The van der Waals surface area contributed by atoms with Crippen LogP contribution in [0.25, 0.3) is 0 Å². The lowest BCUT2D eigenvalue weighted by Crippen LogP contribution is -2.29. The van der Waals surface area contributed by atoms with Gasteiger partial charge in [-0.3, -0.25) is 0 Å². The first kappa shape index (κ1) is 15.2. The van der Waals surface area contributed by atoms with Crippen molar-refractivity contribution in [1.82, 2.24) is 0 Å². The van der Waals surface area contributed by atoms with Gasteiger partial charge >= 0.3 is 6.16 Å². The number of carbonyl (C=O) groups is 1. The molecular weight excluding hydrogens is 212 g/mol. The van der Waals surface area contributed by atoms with Crippen LogP contribution in [0.5, 0.6) is 0 Å². The van der Waals surface area contributed by atoms with Crippen LogP contribution in [0.1, 0.15) is 27.7 Å². The van der Waals surface area contributed by atoms with Crippen molar-refractivity contribution in [3.8, 4) is 0 Å². The Morgan fingerprint density at radius 1 is 0.938 bits per heavy atom. The van der Waals surface area contributed by atoms with Crippen LogP contribution in [-0.4, -0.2) is 42.8 Å². The molecule has 16 heavy (non-hydrogen) atoms. The molecule has 0 bridgehead atoms. The lowest BCUT2D eigenvalue weighted by atomic mass is 9.96. The van der Waals surface area contributed by atoms with Gasteiger partial charge in [-0.15, -0.1) is 0 Å². The molecule has 0 spiro atoms. The Morgan fingerprint density at radius 3 is 1.50 bits per heavy atom. The van der Waals surface area contributed by atoms with E-state index >= 15 is 0 Å². The molecule has 0 radical (unpaired) electrons. The van der Waals surface area contributed by atoms with Crippen LogP contribution >= 0.6 is 0 Å². The Hall–Kier alpha value is -0.810. The molecule has 96 valence electrons. The molecule has 0 fully saturated rings. The highest BCUT2D eigenvalue weighted by Gasteiger charge is 2.22. The van der Waals surface area contributed by atoms with Crippen molar-refractivity contribution in [1.29, 1.82) is 0 Å². The number of aliphatic hydroxyl groups excluding tert-OH is 2. The minimum atomic E-state index is -0.775. The van der Waals surface area contributed by atoms with Crippen molar-refractivity contribution < 1.29 is 24.5 Å². The van der Waals surface area contributed by atoms with Gasteiger partial charge in [0.2, 0.25) is 0 Å². The molecule has 0 aliphatic rings. The van der Waals surface area contributed by atoms with Gasteiger partial charge in [0.15, 0.2) is 0 Å². The molecule has 0 heterocycles. The first-order valence-electron chi connectivity index (χ1n) is 5.24. The highest BCUT2D eigenvalue weighted by molar-refractivity contribution is 5.59. The third-order valence-electron chi connectivity index (χ3n) is 2.02. The molecule has 0 rings (SSSR count). The van der Waals surface area contributed by atoms with E-state index in [1.54, 1.807) is 27.7 Å². The topological polar surface area (TPSA) is 76.0 Å². The Labute approximate surface area is 96.4 Å². The predicted octanol–water partition coefficient (Wildman–Crippen LogP) is 1.18. The van der Waals surface area contributed by atoms with Crippen molar-refractivity contribution in [2.24, 2.45) is 10.8 Å². The van der Waals surface area contributed by atoms with Gasteiger partial charge in [-0.25, -0.2) is 4.79 Å². The smallest absolute Gasteiger partial charge is 0.434 e. The first-order valence-corrected chi connectivity index (χ1v) is 5.24. The van der Waals surface area contributed by atoms with Crippen molar-refractivity contribution in [3.63, 3.8) is 0 Å². The fourth-order valence-corrected chi connectivity index (χ4v) is 0.642. The second-order valence-corrected chi connectivity index (χ2v) is 5.47. The van der Waals surface area contributed by atoms with Crippen molar-refractivity contribution in [2.45, 2.75) is 27.7 Å². The molecule has 0 aromatic heterocycles. The molecule has 0 unspecified atom stereocenters. The summed E-state index contributed by atoms with van der Waals surface area (Å²) in [6.07, 6.45) is -0.775. The Bertz CT molecular complexity index is 200. The third kappa shape index (κ3) is 6.63. The zero-order valence-corrected chi connectivity index (χ0v) is 10.4. The summed E-state index contributed by atoms with van der Waals surface area (Å²) in [7, 11) is 0. The second-order valence-electron chi connectivity index (χ2n) is 5.47. The molecule has 5 nitrogen and oxygen atoms in total. The van der Waals surface area contributed by atoms with E-state index in [4.69, 9.17) is 19.7 Å². The third-order valence-corrected chi connectivity index (χ3v) is 2.02. The van der Waals surface area contributed by atoms with E-state index in [0.717, 1.165) is 0 Å². The zero-order valence-electron chi connectivity index (χ0n) is 10.4. The molecule has 0 aromatic carbocycles. The van der Waals surface area contributed by atoms with Gasteiger partial charge in [-0.1, -0.05) is 27.7 Å². The van der Waals surface area contributed by atoms with E-state index in [1.807, 2.05) is 0 Å². The first-order chi connectivity index (χ1) is 7.22. The number of carbonyl (C=O) groups excluding carboxylic acids is 1. The minimum Gasteiger partial charge on any atom is -0.434 e. The quantitative estimate of drug-likeness (QED) is 0.675. The van der Waals surface area contributed by atoms with Gasteiger partial charge in [0.1, 0.15) is 13.2 Å². The van der Waals surface area contributed by atoms with Crippen molar-refractivity contribution in [3.05, 3.63) is 0 Å². The van der Waals surface area contributed by atoms with E-state index in [2.05, 4.69) is 0 Å². The number of ether oxygens (including phenoxy) is 2. The maximum Gasteiger partial charge on any atom is 0.508 e. The average Bonchev–Trinajstić information content (AvgIpc) is 2.24. The molecule has 0 aliphatic heterocycles. The standard InChI is InChI=1S/C11H22O5/c1-10(2,5-12)7-15-9(14)16-8-11(3,4)6-13/h12-13H,5-8H2,1-4H3. The van der Waals surface area contributed by atoms with E-state index in [1.165, 1.54) is 0 Å². The lowest BCUT2D eigenvalue weighted by Gasteiger charge is -2.23. The lowest BCUT2D eigenvalue weighted by molar-refractivity contribution is -0.00920.